The number of ketones is 1. The molecule has 0 spiro atoms. The number of amides is 1. The number of nitrogens with zero attached hydrogens (tertiary/aromatic N) is 1. The van der Waals surface area contributed by atoms with E-state index in [-0.39, 0.29) is 36.1 Å². The van der Waals surface area contributed by atoms with Crippen molar-refractivity contribution in [3.05, 3.63) is 29.8 Å². The van der Waals surface area contributed by atoms with Crippen molar-refractivity contribution in [3.63, 3.8) is 0 Å². The largest absolute Gasteiger partial charge is 0.497 e. The molecular formula is C18H27ClN2O4. The molecule has 1 atom stereocenters. The highest BCUT2D eigenvalue weighted by atomic mass is 35.5. The van der Waals surface area contributed by atoms with E-state index >= 15 is 0 Å². The summed E-state index contributed by atoms with van der Waals surface area (Å²) in [6, 6.07) is 7.18. The molecule has 1 unspecified atom stereocenters. The minimum Gasteiger partial charge on any atom is -0.497 e. The molecule has 0 radical (unpaired) electrons. The summed E-state index contributed by atoms with van der Waals surface area (Å²) < 4.78 is 10.3. The van der Waals surface area contributed by atoms with Crippen molar-refractivity contribution < 1.29 is 19.1 Å². The van der Waals surface area contributed by atoms with E-state index in [0.717, 1.165) is 5.75 Å². The van der Waals surface area contributed by atoms with E-state index in [9.17, 15) is 9.59 Å². The van der Waals surface area contributed by atoms with Crippen LogP contribution in [0.4, 0.5) is 0 Å². The minimum absolute atomic E-state index is 0. The Hall–Kier alpha value is -1.63. The fraction of sp³-hybridized carbons (Fsp3) is 0.556. The van der Waals surface area contributed by atoms with Gasteiger partial charge in [-0.3, -0.25) is 9.59 Å². The number of piperidine rings is 1. The van der Waals surface area contributed by atoms with E-state index in [1.807, 2.05) is 0 Å². The molecule has 1 saturated heterocycles. The number of likely N-dealkylation sites (tertiary alicyclic amines) is 1. The highest BCUT2D eigenvalue weighted by Gasteiger charge is 2.28. The number of Topliss-reactive ketones (excluding diaryl/α,β-unsaturated/α-hetero) is 1. The highest BCUT2D eigenvalue weighted by Crippen LogP contribution is 2.23. The van der Waals surface area contributed by atoms with Crippen LogP contribution in [0.5, 0.6) is 5.75 Å². The van der Waals surface area contributed by atoms with Gasteiger partial charge in [-0.15, -0.1) is 12.4 Å². The lowest BCUT2D eigenvalue weighted by Crippen LogP contribution is -2.42. The Balaban J connectivity index is 0.00000312. The van der Waals surface area contributed by atoms with Crippen LogP contribution >= 0.6 is 12.4 Å². The second-order valence-electron chi connectivity index (χ2n) is 6.05. The summed E-state index contributed by atoms with van der Waals surface area (Å²) in [5.74, 6) is 0.888. The first-order valence-corrected chi connectivity index (χ1v) is 8.28. The zero-order valence-electron chi connectivity index (χ0n) is 14.8. The van der Waals surface area contributed by atoms with Crippen molar-refractivity contribution >= 4 is 24.1 Å². The predicted molar refractivity (Wildman–Crippen MR) is 98.3 cm³/mol. The van der Waals surface area contributed by atoms with E-state index in [0.29, 0.717) is 44.5 Å². The van der Waals surface area contributed by atoms with E-state index in [2.05, 4.69) is 0 Å². The van der Waals surface area contributed by atoms with Crippen LogP contribution < -0.4 is 10.5 Å². The van der Waals surface area contributed by atoms with Gasteiger partial charge in [-0.1, -0.05) is 0 Å². The average Bonchev–Trinajstić information content (AvgIpc) is 2.65. The monoisotopic (exact) mass is 370 g/mol. The Morgan fingerprint density at radius 1 is 1.20 bits per heavy atom. The Labute approximate surface area is 155 Å². The maximum Gasteiger partial charge on any atom is 0.225 e. The molecule has 0 bridgehead atoms. The van der Waals surface area contributed by atoms with Gasteiger partial charge in [0, 0.05) is 38.2 Å². The summed E-state index contributed by atoms with van der Waals surface area (Å²) >= 11 is 0. The molecule has 6 nitrogen and oxygen atoms in total. The molecule has 1 aromatic rings. The first-order valence-electron chi connectivity index (χ1n) is 8.28. The third kappa shape index (κ3) is 5.70. The van der Waals surface area contributed by atoms with E-state index in [1.54, 1.807) is 43.4 Å². The number of methoxy groups -OCH3 is 2. The lowest BCUT2D eigenvalue weighted by molar-refractivity contribution is -0.134. The first kappa shape index (κ1) is 21.4. The van der Waals surface area contributed by atoms with Crippen LogP contribution in [-0.4, -0.2) is 56.5 Å². The van der Waals surface area contributed by atoms with Crippen LogP contribution in [0.2, 0.25) is 0 Å². The summed E-state index contributed by atoms with van der Waals surface area (Å²) in [7, 11) is 3.16. The van der Waals surface area contributed by atoms with Crippen LogP contribution in [0.1, 0.15) is 29.6 Å². The Morgan fingerprint density at radius 2 is 1.80 bits per heavy atom. The Bertz CT molecular complexity index is 553. The second-order valence-corrected chi connectivity index (χ2v) is 6.05. The van der Waals surface area contributed by atoms with Crippen LogP contribution in [0.15, 0.2) is 24.3 Å². The normalized spacial score (nSPS) is 16.0. The molecule has 2 N–H and O–H groups in total. The molecule has 1 aromatic carbocycles. The van der Waals surface area contributed by atoms with E-state index < -0.39 is 0 Å². The molecule has 2 rings (SSSR count). The minimum atomic E-state index is -0.240. The lowest BCUT2D eigenvalue weighted by atomic mass is 9.88. The third-order valence-electron chi connectivity index (χ3n) is 4.59. The van der Waals surface area contributed by atoms with Gasteiger partial charge in [-0.05, 0) is 37.1 Å². The van der Waals surface area contributed by atoms with Gasteiger partial charge >= 0.3 is 0 Å². The molecule has 0 aliphatic carbocycles. The smallest absolute Gasteiger partial charge is 0.225 e. The molecule has 7 heteroatoms. The van der Waals surface area contributed by atoms with Gasteiger partial charge in [-0.2, -0.15) is 0 Å². The molecule has 1 aliphatic rings. The van der Waals surface area contributed by atoms with Crippen molar-refractivity contribution in [2.24, 2.45) is 11.7 Å². The van der Waals surface area contributed by atoms with Crippen LogP contribution in [0.3, 0.4) is 0 Å². The Morgan fingerprint density at radius 3 is 2.28 bits per heavy atom. The molecule has 140 valence electrons. The third-order valence-corrected chi connectivity index (χ3v) is 4.59. The number of carbonyl (C=O) groups is 2. The summed E-state index contributed by atoms with van der Waals surface area (Å²) in [5, 5.41) is 0. The number of ether oxygens (including phenoxy) is 2. The van der Waals surface area contributed by atoms with Crippen LogP contribution in [-0.2, 0) is 9.53 Å². The quantitative estimate of drug-likeness (QED) is 0.741. The maximum atomic E-state index is 12.6. The average molecular weight is 371 g/mol. The second kappa shape index (κ2) is 10.4. The number of halogens is 1. The van der Waals surface area contributed by atoms with Gasteiger partial charge in [0.25, 0.3) is 0 Å². The maximum absolute atomic E-state index is 12.6. The van der Waals surface area contributed by atoms with Crippen molar-refractivity contribution in [1.29, 1.82) is 0 Å². The summed E-state index contributed by atoms with van der Waals surface area (Å²) in [6.45, 7) is 1.54. The fourth-order valence-electron chi connectivity index (χ4n) is 2.97. The first-order chi connectivity index (χ1) is 11.6. The summed E-state index contributed by atoms with van der Waals surface area (Å²) in [6.07, 6.45) is 1.44. The van der Waals surface area contributed by atoms with E-state index in [1.165, 1.54) is 0 Å². The van der Waals surface area contributed by atoms with Gasteiger partial charge in [-0.25, -0.2) is 0 Å². The predicted octanol–water partition coefficient (Wildman–Crippen LogP) is 1.90. The molecule has 1 aliphatic heterocycles. The lowest BCUT2D eigenvalue weighted by Gasteiger charge is -2.32. The van der Waals surface area contributed by atoms with Gasteiger partial charge in [0.2, 0.25) is 5.91 Å². The molecular weight excluding hydrogens is 344 g/mol. The number of nitrogens with two attached hydrogens (primary N) is 1. The number of carbonyl (C=O) groups excluding carboxylic acids is 2. The molecule has 0 aromatic heterocycles. The van der Waals surface area contributed by atoms with Crippen molar-refractivity contribution in [2.75, 3.05) is 33.9 Å². The van der Waals surface area contributed by atoms with Gasteiger partial charge in [0.05, 0.1) is 19.6 Å². The number of hydrogen-bond acceptors (Lipinski definition) is 5. The van der Waals surface area contributed by atoms with Crippen LogP contribution in [0.25, 0.3) is 0 Å². The van der Waals surface area contributed by atoms with Gasteiger partial charge < -0.3 is 20.1 Å². The fourth-order valence-corrected chi connectivity index (χ4v) is 2.97. The topological polar surface area (TPSA) is 81.9 Å². The zero-order valence-corrected chi connectivity index (χ0v) is 15.6. The summed E-state index contributed by atoms with van der Waals surface area (Å²) in [4.78, 5) is 26.6. The van der Waals surface area contributed by atoms with Crippen LogP contribution in [0, 0.1) is 5.92 Å². The SMILES string of the molecule is COc1ccc(C(=O)C2CCN(C(=O)CC(CN)OC)CC2)cc1.Cl. The van der Waals surface area contributed by atoms with Crippen molar-refractivity contribution in [2.45, 2.75) is 25.4 Å². The number of rotatable bonds is 7. The molecule has 1 fully saturated rings. The Kier molecular flexibility index (Phi) is 8.89. The molecule has 1 amide bonds. The number of hydrogen-bond donors (Lipinski definition) is 1. The van der Waals surface area contributed by atoms with E-state index in [4.69, 9.17) is 15.2 Å². The zero-order chi connectivity index (χ0) is 17.5. The van der Waals surface area contributed by atoms with Crippen molar-refractivity contribution in [3.8, 4) is 5.75 Å². The highest BCUT2D eigenvalue weighted by molar-refractivity contribution is 5.98. The molecule has 0 saturated carbocycles. The number of benzene rings is 1. The van der Waals surface area contributed by atoms with Gasteiger partial charge in [0.1, 0.15) is 5.75 Å². The molecule has 1 heterocycles. The summed E-state index contributed by atoms with van der Waals surface area (Å²) in [5.41, 5.74) is 6.26. The van der Waals surface area contributed by atoms with Crippen molar-refractivity contribution in [1.82, 2.24) is 4.90 Å². The standard InChI is InChI=1S/C18H26N2O4.ClH/c1-23-15-5-3-13(4-6-15)18(22)14-7-9-20(10-8-14)17(21)11-16(12-19)24-2;/h3-6,14,16H,7-12,19H2,1-2H3;1H. The van der Waals surface area contributed by atoms with Gasteiger partial charge in [0.15, 0.2) is 5.78 Å². The molecule has 25 heavy (non-hydrogen) atoms.